The normalized spacial score (nSPS) is 13.1. The van der Waals surface area contributed by atoms with Crippen molar-refractivity contribution in [3.8, 4) is 5.75 Å². The van der Waals surface area contributed by atoms with Crippen LogP contribution in [0.25, 0.3) is 0 Å². The van der Waals surface area contributed by atoms with Crippen LogP contribution in [0, 0.1) is 0 Å². The van der Waals surface area contributed by atoms with Crippen LogP contribution >= 0.6 is 0 Å². The first-order valence-electron chi connectivity index (χ1n) is 6.13. The highest BCUT2D eigenvalue weighted by atomic mass is 19.3. The summed E-state index contributed by atoms with van der Waals surface area (Å²) in [4.78, 5) is 13.6. The van der Waals surface area contributed by atoms with Crippen molar-refractivity contribution in [1.82, 2.24) is 4.90 Å². The van der Waals surface area contributed by atoms with Crippen molar-refractivity contribution in [2.75, 3.05) is 7.05 Å². The molecule has 0 heterocycles. The minimum Gasteiger partial charge on any atom is -0.435 e. The summed E-state index contributed by atoms with van der Waals surface area (Å²) >= 11 is 0. The van der Waals surface area contributed by atoms with Gasteiger partial charge in [0.05, 0.1) is 0 Å². The Hall–Kier alpha value is -2.38. The molecule has 0 saturated heterocycles. The third kappa shape index (κ3) is 4.90. The second kappa shape index (κ2) is 7.41. The summed E-state index contributed by atoms with van der Waals surface area (Å²) in [7, 11) is 1.54. The summed E-state index contributed by atoms with van der Waals surface area (Å²) < 4.78 is 28.6. The van der Waals surface area contributed by atoms with E-state index in [1.165, 1.54) is 36.2 Å². The molecule has 6 nitrogen and oxygen atoms in total. The Bertz CT molecular complexity index is 523. The maximum atomic E-state index is 12.2. The fourth-order valence-electron chi connectivity index (χ4n) is 1.69. The topological polar surface area (TPSA) is 88.2 Å². The Morgan fingerprint density at radius 1 is 1.52 bits per heavy atom. The molecule has 0 aliphatic heterocycles. The molecule has 1 unspecified atom stereocenters. The Morgan fingerprint density at radius 3 is 2.76 bits per heavy atom. The molecule has 21 heavy (non-hydrogen) atoms. The molecule has 0 saturated carbocycles. The van der Waals surface area contributed by atoms with Gasteiger partial charge in [-0.25, -0.2) is 0 Å². The molecule has 0 aliphatic carbocycles. The van der Waals surface area contributed by atoms with E-state index >= 15 is 0 Å². The van der Waals surface area contributed by atoms with Crippen molar-refractivity contribution < 1.29 is 23.5 Å². The number of hydrogen-bond donors (Lipinski definition) is 2. The SMILES string of the molecule is CC(CC(N)=NO)N(C)C(=O)c1cccc(OC(F)F)c1. The maximum absolute atomic E-state index is 12.2. The minimum absolute atomic E-state index is 0.00284. The number of amides is 1. The molecular weight excluding hydrogens is 284 g/mol. The third-order valence-corrected chi connectivity index (χ3v) is 2.92. The van der Waals surface area contributed by atoms with E-state index in [0.717, 1.165) is 0 Å². The smallest absolute Gasteiger partial charge is 0.387 e. The number of amidine groups is 1. The lowest BCUT2D eigenvalue weighted by Crippen LogP contribution is -2.37. The minimum atomic E-state index is -2.95. The van der Waals surface area contributed by atoms with Gasteiger partial charge in [-0.3, -0.25) is 4.79 Å². The summed E-state index contributed by atoms with van der Waals surface area (Å²) in [6.45, 7) is -1.23. The molecule has 0 bridgehead atoms. The van der Waals surface area contributed by atoms with Gasteiger partial charge in [-0.05, 0) is 25.1 Å². The molecule has 8 heteroatoms. The summed E-state index contributed by atoms with van der Waals surface area (Å²) in [6, 6.07) is 5.19. The lowest BCUT2D eigenvalue weighted by Gasteiger charge is -2.24. The van der Waals surface area contributed by atoms with Crippen molar-refractivity contribution in [1.29, 1.82) is 0 Å². The van der Waals surface area contributed by atoms with Gasteiger partial charge in [0.1, 0.15) is 11.6 Å². The third-order valence-electron chi connectivity index (χ3n) is 2.92. The number of oxime groups is 1. The number of hydrogen-bond acceptors (Lipinski definition) is 4. The summed E-state index contributed by atoms with van der Waals surface area (Å²) in [6.07, 6.45) is 0.186. The molecule has 3 N–H and O–H groups in total. The first kappa shape index (κ1) is 16.7. The van der Waals surface area contributed by atoms with Gasteiger partial charge >= 0.3 is 6.61 Å². The predicted molar refractivity (Wildman–Crippen MR) is 72.7 cm³/mol. The van der Waals surface area contributed by atoms with E-state index in [4.69, 9.17) is 10.9 Å². The van der Waals surface area contributed by atoms with Crippen molar-refractivity contribution in [3.63, 3.8) is 0 Å². The van der Waals surface area contributed by atoms with Crippen molar-refractivity contribution in [2.24, 2.45) is 10.9 Å². The average Bonchev–Trinajstić information content (AvgIpc) is 2.45. The largest absolute Gasteiger partial charge is 0.435 e. The van der Waals surface area contributed by atoms with Gasteiger partial charge < -0.3 is 20.6 Å². The number of benzene rings is 1. The van der Waals surface area contributed by atoms with E-state index in [1.54, 1.807) is 6.92 Å². The monoisotopic (exact) mass is 301 g/mol. The maximum Gasteiger partial charge on any atom is 0.387 e. The second-order valence-electron chi connectivity index (χ2n) is 4.47. The van der Waals surface area contributed by atoms with E-state index in [1.807, 2.05) is 0 Å². The molecule has 0 aromatic heterocycles. The molecular formula is C13H17F2N3O3. The van der Waals surface area contributed by atoms with Crippen LogP contribution in [0.2, 0.25) is 0 Å². The molecule has 0 aliphatic rings. The van der Waals surface area contributed by atoms with Crippen molar-refractivity contribution >= 4 is 11.7 Å². The predicted octanol–water partition coefficient (Wildman–Crippen LogP) is 1.88. The first-order chi connectivity index (χ1) is 9.85. The fraction of sp³-hybridized carbons (Fsp3) is 0.385. The number of nitrogens with zero attached hydrogens (tertiary/aromatic N) is 2. The molecule has 116 valence electrons. The number of ether oxygens (including phenoxy) is 1. The molecule has 1 rings (SSSR count). The molecule has 1 aromatic carbocycles. The van der Waals surface area contributed by atoms with Crippen LogP contribution in [0.4, 0.5) is 8.78 Å². The van der Waals surface area contributed by atoms with E-state index in [9.17, 15) is 13.6 Å². The zero-order valence-corrected chi connectivity index (χ0v) is 11.7. The Labute approximate surface area is 120 Å². The van der Waals surface area contributed by atoms with Crippen LogP contribution in [0.3, 0.4) is 0 Å². The molecule has 1 atom stereocenters. The fourth-order valence-corrected chi connectivity index (χ4v) is 1.69. The summed E-state index contributed by atoms with van der Waals surface area (Å²) in [5, 5.41) is 11.4. The van der Waals surface area contributed by atoms with Crippen LogP contribution in [0.15, 0.2) is 29.4 Å². The van der Waals surface area contributed by atoms with Crippen LogP contribution in [0.5, 0.6) is 5.75 Å². The van der Waals surface area contributed by atoms with Gasteiger partial charge in [-0.1, -0.05) is 11.2 Å². The van der Waals surface area contributed by atoms with Crippen LogP contribution < -0.4 is 10.5 Å². The number of alkyl halides is 2. The van der Waals surface area contributed by atoms with E-state index in [-0.39, 0.29) is 35.5 Å². The van der Waals surface area contributed by atoms with E-state index in [0.29, 0.717) is 0 Å². The number of carbonyl (C=O) groups is 1. The van der Waals surface area contributed by atoms with Crippen LogP contribution in [-0.2, 0) is 0 Å². The van der Waals surface area contributed by atoms with Gasteiger partial charge in [0, 0.05) is 25.1 Å². The van der Waals surface area contributed by atoms with Crippen LogP contribution in [-0.4, -0.2) is 41.6 Å². The highest BCUT2D eigenvalue weighted by Gasteiger charge is 2.19. The lowest BCUT2D eigenvalue weighted by molar-refractivity contribution is -0.0499. The standard InChI is InChI=1S/C13H17F2N3O3/c1-8(6-11(16)17-20)18(2)12(19)9-4-3-5-10(7-9)21-13(14)15/h3-5,7-8,13,20H,6H2,1-2H3,(H2,16,17). The quantitative estimate of drug-likeness (QED) is 0.363. The zero-order valence-electron chi connectivity index (χ0n) is 11.7. The molecule has 0 fully saturated rings. The van der Waals surface area contributed by atoms with E-state index in [2.05, 4.69) is 9.89 Å². The molecule has 1 amide bonds. The molecule has 0 spiro atoms. The number of carbonyl (C=O) groups excluding carboxylic acids is 1. The van der Waals surface area contributed by atoms with Gasteiger partial charge in [-0.15, -0.1) is 0 Å². The summed E-state index contributed by atoms with van der Waals surface area (Å²) in [5.41, 5.74) is 5.60. The highest BCUT2D eigenvalue weighted by Crippen LogP contribution is 2.18. The van der Waals surface area contributed by atoms with Gasteiger partial charge in [0.2, 0.25) is 0 Å². The van der Waals surface area contributed by atoms with Gasteiger partial charge in [-0.2, -0.15) is 8.78 Å². The zero-order chi connectivity index (χ0) is 16.0. The first-order valence-corrected chi connectivity index (χ1v) is 6.13. The number of rotatable bonds is 6. The van der Waals surface area contributed by atoms with E-state index < -0.39 is 6.61 Å². The Morgan fingerprint density at radius 2 is 2.19 bits per heavy atom. The van der Waals surface area contributed by atoms with Gasteiger partial charge in [0.25, 0.3) is 5.91 Å². The van der Waals surface area contributed by atoms with Crippen molar-refractivity contribution in [3.05, 3.63) is 29.8 Å². The van der Waals surface area contributed by atoms with Gasteiger partial charge in [0.15, 0.2) is 0 Å². The molecule has 1 aromatic rings. The highest BCUT2D eigenvalue weighted by molar-refractivity contribution is 5.95. The number of halogens is 2. The lowest BCUT2D eigenvalue weighted by atomic mass is 10.1. The average molecular weight is 301 g/mol. The number of nitrogens with two attached hydrogens (primary N) is 1. The van der Waals surface area contributed by atoms with Crippen molar-refractivity contribution in [2.45, 2.75) is 26.0 Å². The molecule has 0 radical (unpaired) electrons. The Kier molecular flexibility index (Phi) is 5.89. The van der Waals surface area contributed by atoms with Crippen LogP contribution in [0.1, 0.15) is 23.7 Å². The Balaban J connectivity index is 2.82. The summed E-state index contributed by atoms with van der Waals surface area (Å²) in [5.74, 6) is -0.474. The second-order valence-corrected chi connectivity index (χ2v) is 4.47.